The first-order chi connectivity index (χ1) is 8.38. The Labute approximate surface area is 109 Å². The maximum atomic E-state index is 11.6. The van der Waals surface area contributed by atoms with Gasteiger partial charge in [0.2, 0.25) is 0 Å². The molecule has 0 unspecified atom stereocenters. The quantitative estimate of drug-likeness (QED) is 0.418. The van der Waals surface area contributed by atoms with E-state index in [0.717, 1.165) is 0 Å². The van der Waals surface area contributed by atoms with Crippen LogP contribution >= 0.6 is 11.8 Å². The third-order valence-corrected chi connectivity index (χ3v) is 2.95. The SMILES string of the molecule is CSCC[C@H](NC(=O)[C@@H]([NH3+])CCC(=O)O)C(=O)O. The van der Waals surface area contributed by atoms with Crippen LogP contribution in [0.5, 0.6) is 0 Å². The summed E-state index contributed by atoms with van der Waals surface area (Å²) in [6.45, 7) is 0. The maximum absolute atomic E-state index is 11.6. The highest BCUT2D eigenvalue weighted by Crippen LogP contribution is 2.02. The fourth-order valence-corrected chi connectivity index (χ4v) is 1.68. The van der Waals surface area contributed by atoms with Crippen molar-refractivity contribution in [3.05, 3.63) is 0 Å². The molecule has 0 bridgehead atoms. The number of nitrogens with one attached hydrogen (secondary N) is 1. The van der Waals surface area contributed by atoms with Gasteiger partial charge in [0.1, 0.15) is 6.04 Å². The largest absolute Gasteiger partial charge is 0.481 e. The smallest absolute Gasteiger partial charge is 0.326 e. The predicted molar refractivity (Wildman–Crippen MR) is 66.1 cm³/mol. The highest BCUT2D eigenvalue weighted by atomic mass is 32.2. The van der Waals surface area contributed by atoms with Crippen molar-refractivity contribution in [1.82, 2.24) is 5.32 Å². The molecule has 8 heteroatoms. The van der Waals surface area contributed by atoms with Crippen LogP contribution in [0, 0.1) is 0 Å². The minimum absolute atomic E-state index is 0.0933. The van der Waals surface area contributed by atoms with Gasteiger partial charge < -0.3 is 21.3 Å². The first-order valence-corrected chi connectivity index (χ1v) is 6.84. The number of rotatable bonds is 9. The van der Waals surface area contributed by atoms with Crippen LogP contribution < -0.4 is 11.1 Å². The molecule has 0 aliphatic rings. The minimum atomic E-state index is -1.09. The zero-order chi connectivity index (χ0) is 14.1. The van der Waals surface area contributed by atoms with Gasteiger partial charge in [-0.1, -0.05) is 0 Å². The second-order valence-electron chi connectivity index (χ2n) is 3.81. The Bertz CT molecular complexity index is 311. The van der Waals surface area contributed by atoms with E-state index in [9.17, 15) is 14.4 Å². The van der Waals surface area contributed by atoms with E-state index in [1.54, 1.807) is 0 Å². The van der Waals surface area contributed by atoms with Crippen molar-refractivity contribution in [3.63, 3.8) is 0 Å². The van der Waals surface area contributed by atoms with E-state index in [1.807, 2.05) is 6.26 Å². The van der Waals surface area contributed by atoms with Crippen LogP contribution in [0.1, 0.15) is 19.3 Å². The van der Waals surface area contributed by atoms with Crippen LogP contribution in [-0.2, 0) is 14.4 Å². The number of aliphatic carboxylic acids is 2. The summed E-state index contributed by atoms with van der Waals surface area (Å²) in [6.07, 6.45) is 2.10. The van der Waals surface area contributed by atoms with Crippen molar-refractivity contribution in [2.75, 3.05) is 12.0 Å². The van der Waals surface area contributed by atoms with E-state index in [-0.39, 0.29) is 12.8 Å². The van der Waals surface area contributed by atoms with E-state index in [1.165, 1.54) is 11.8 Å². The van der Waals surface area contributed by atoms with Crippen LogP contribution in [0.2, 0.25) is 0 Å². The Morgan fingerprint density at radius 2 is 1.89 bits per heavy atom. The van der Waals surface area contributed by atoms with Crippen molar-refractivity contribution < 1.29 is 30.3 Å². The zero-order valence-corrected chi connectivity index (χ0v) is 11.0. The lowest BCUT2D eigenvalue weighted by Gasteiger charge is -2.15. The molecular weight excluding hydrogens is 260 g/mol. The molecule has 0 radical (unpaired) electrons. The summed E-state index contributed by atoms with van der Waals surface area (Å²) in [5.41, 5.74) is 3.53. The van der Waals surface area contributed by atoms with E-state index in [2.05, 4.69) is 11.1 Å². The van der Waals surface area contributed by atoms with Crippen LogP contribution in [0.25, 0.3) is 0 Å². The molecule has 2 atom stereocenters. The number of carbonyl (C=O) groups is 3. The summed E-state index contributed by atoms with van der Waals surface area (Å²) in [6, 6.07) is -1.70. The highest BCUT2D eigenvalue weighted by molar-refractivity contribution is 7.98. The number of hydrogen-bond donors (Lipinski definition) is 4. The van der Waals surface area contributed by atoms with E-state index in [4.69, 9.17) is 10.2 Å². The van der Waals surface area contributed by atoms with Gasteiger partial charge in [0.05, 0.1) is 6.42 Å². The summed E-state index contributed by atoms with van der Waals surface area (Å²) < 4.78 is 0. The second kappa shape index (κ2) is 8.76. The van der Waals surface area contributed by atoms with Gasteiger partial charge in [0.15, 0.2) is 6.04 Å². The number of quaternary nitrogens is 1. The second-order valence-corrected chi connectivity index (χ2v) is 4.80. The van der Waals surface area contributed by atoms with Crippen molar-refractivity contribution in [2.24, 2.45) is 0 Å². The van der Waals surface area contributed by atoms with Gasteiger partial charge in [-0.15, -0.1) is 0 Å². The summed E-state index contributed by atoms with van der Waals surface area (Å²) in [5, 5.41) is 19.8. The summed E-state index contributed by atoms with van der Waals surface area (Å²) in [7, 11) is 0. The number of thioether (sulfide) groups is 1. The number of amides is 1. The molecular formula is C10H19N2O5S+. The summed E-state index contributed by atoms with van der Waals surface area (Å²) in [5.74, 6) is -2.00. The summed E-state index contributed by atoms with van der Waals surface area (Å²) in [4.78, 5) is 32.8. The minimum Gasteiger partial charge on any atom is -0.481 e. The molecule has 0 aliphatic carbocycles. The molecule has 6 N–H and O–H groups in total. The first kappa shape index (κ1) is 16.7. The maximum Gasteiger partial charge on any atom is 0.326 e. The van der Waals surface area contributed by atoms with Crippen molar-refractivity contribution in [2.45, 2.75) is 31.3 Å². The standard InChI is InChI=1S/C10H18N2O5S/c1-18-5-4-7(10(16)17)12-9(15)6(11)2-3-8(13)14/h6-7H,2-5,11H2,1H3,(H,12,15)(H,13,14)(H,16,17)/p+1/t6-,7-/m0/s1. The fraction of sp³-hybridized carbons (Fsp3) is 0.700. The lowest BCUT2D eigenvalue weighted by molar-refractivity contribution is -0.405. The van der Waals surface area contributed by atoms with Gasteiger partial charge >= 0.3 is 11.9 Å². The Kier molecular flexibility index (Phi) is 8.14. The predicted octanol–water partition coefficient (Wildman–Crippen LogP) is -1.22. The molecule has 18 heavy (non-hydrogen) atoms. The van der Waals surface area contributed by atoms with Crippen LogP contribution in [0.3, 0.4) is 0 Å². The molecule has 7 nitrogen and oxygen atoms in total. The van der Waals surface area contributed by atoms with E-state index in [0.29, 0.717) is 12.2 Å². The molecule has 0 aliphatic heterocycles. The monoisotopic (exact) mass is 279 g/mol. The van der Waals surface area contributed by atoms with Gasteiger partial charge in [0, 0.05) is 6.42 Å². The normalized spacial score (nSPS) is 13.7. The van der Waals surface area contributed by atoms with E-state index >= 15 is 0 Å². The molecule has 1 amide bonds. The molecule has 0 saturated heterocycles. The topological polar surface area (TPSA) is 131 Å². The van der Waals surface area contributed by atoms with Crippen LogP contribution in [-0.4, -0.2) is 52.2 Å². The first-order valence-electron chi connectivity index (χ1n) is 5.45. The highest BCUT2D eigenvalue weighted by Gasteiger charge is 2.25. The lowest BCUT2D eigenvalue weighted by Crippen LogP contribution is -2.68. The molecule has 0 aromatic carbocycles. The molecule has 0 rings (SSSR count). The number of carbonyl (C=O) groups excluding carboxylic acids is 1. The van der Waals surface area contributed by atoms with Gasteiger partial charge in [-0.05, 0) is 18.4 Å². The zero-order valence-electron chi connectivity index (χ0n) is 10.2. The van der Waals surface area contributed by atoms with Crippen molar-refractivity contribution >= 4 is 29.6 Å². The summed E-state index contributed by atoms with van der Waals surface area (Å²) >= 11 is 1.49. The molecule has 0 fully saturated rings. The van der Waals surface area contributed by atoms with Gasteiger partial charge in [-0.3, -0.25) is 9.59 Å². The Balaban J connectivity index is 4.22. The Morgan fingerprint density at radius 1 is 1.28 bits per heavy atom. The Morgan fingerprint density at radius 3 is 2.33 bits per heavy atom. The van der Waals surface area contributed by atoms with Crippen LogP contribution in [0.15, 0.2) is 0 Å². The Hall–Kier alpha value is -1.28. The average Bonchev–Trinajstić information content (AvgIpc) is 2.30. The van der Waals surface area contributed by atoms with Crippen molar-refractivity contribution in [1.29, 1.82) is 0 Å². The van der Waals surface area contributed by atoms with Crippen molar-refractivity contribution in [3.8, 4) is 0 Å². The molecule has 0 heterocycles. The van der Waals surface area contributed by atoms with Crippen LogP contribution in [0.4, 0.5) is 0 Å². The number of carboxylic acid groups (broad SMARTS) is 2. The molecule has 0 aromatic rings. The number of carboxylic acids is 2. The van der Waals surface area contributed by atoms with Gasteiger partial charge in [-0.2, -0.15) is 11.8 Å². The lowest BCUT2D eigenvalue weighted by atomic mass is 10.1. The molecule has 0 spiro atoms. The molecule has 0 aromatic heterocycles. The van der Waals surface area contributed by atoms with Gasteiger partial charge in [0.25, 0.3) is 5.91 Å². The molecule has 104 valence electrons. The average molecular weight is 279 g/mol. The number of hydrogen-bond acceptors (Lipinski definition) is 4. The fourth-order valence-electron chi connectivity index (χ4n) is 1.21. The third kappa shape index (κ3) is 7.13. The third-order valence-electron chi connectivity index (χ3n) is 2.30. The van der Waals surface area contributed by atoms with E-state index < -0.39 is 29.9 Å². The van der Waals surface area contributed by atoms with Gasteiger partial charge in [-0.25, -0.2) is 4.79 Å². The molecule has 0 saturated carbocycles.